The van der Waals surface area contributed by atoms with Gasteiger partial charge in [0.25, 0.3) is 0 Å². The first-order valence-corrected chi connectivity index (χ1v) is 7.15. The van der Waals surface area contributed by atoms with Crippen molar-refractivity contribution < 1.29 is 8.94 Å². The summed E-state index contributed by atoms with van der Waals surface area (Å²) in [6.07, 6.45) is 2.40. The van der Waals surface area contributed by atoms with Gasteiger partial charge in [0, 0.05) is 17.8 Å². The Balaban J connectivity index is 1.88. The van der Waals surface area contributed by atoms with Gasteiger partial charge in [-0.3, -0.25) is 0 Å². The van der Waals surface area contributed by atoms with Crippen LogP contribution in [0, 0.1) is 5.92 Å². The third-order valence-corrected chi connectivity index (χ3v) is 3.76. The number of nitrogens with one attached hydrogen (secondary N) is 1. The highest BCUT2D eigenvalue weighted by Crippen LogP contribution is 2.28. The largest absolute Gasteiger partial charge is 0.464 e. The third kappa shape index (κ3) is 2.69. The number of benzene rings is 1. The normalized spacial score (nSPS) is 13.1. The van der Waals surface area contributed by atoms with E-state index in [1.807, 2.05) is 31.3 Å². The van der Waals surface area contributed by atoms with Crippen molar-refractivity contribution in [2.75, 3.05) is 7.05 Å². The lowest BCUT2D eigenvalue weighted by atomic mass is 10.0. The fourth-order valence-electron chi connectivity index (χ4n) is 2.46. The van der Waals surface area contributed by atoms with Gasteiger partial charge in [0.15, 0.2) is 0 Å². The van der Waals surface area contributed by atoms with E-state index in [0.29, 0.717) is 23.7 Å². The van der Waals surface area contributed by atoms with Crippen molar-refractivity contribution in [3.05, 3.63) is 36.4 Å². The number of furan rings is 1. The lowest BCUT2D eigenvalue weighted by Gasteiger charge is -2.17. The van der Waals surface area contributed by atoms with Crippen molar-refractivity contribution in [2.24, 2.45) is 5.92 Å². The van der Waals surface area contributed by atoms with E-state index in [-0.39, 0.29) is 0 Å². The number of hydrogen-bond acceptors (Lipinski definition) is 5. The molecule has 0 aliphatic rings. The molecule has 1 atom stereocenters. The molecular weight excluding hydrogens is 266 g/mol. The molecule has 2 aromatic heterocycles. The molecule has 1 aromatic carbocycles. The molecule has 0 spiro atoms. The van der Waals surface area contributed by atoms with Gasteiger partial charge in [-0.2, -0.15) is 4.98 Å². The monoisotopic (exact) mass is 285 g/mol. The summed E-state index contributed by atoms with van der Waals surface area (Å²) in [5, 5.41) is 8.36. The minimum Gasteiger partial charge on any atom is -0.464 e. The van der Waals surface area contributed by atoms with Gasteiger partial charge in [-0.05, 0) is 19.0 Å². The Bertz CT molecular complexity index is 730. The minimum atomic E-state index is 0.319. The molecular formula is C16H19N3O2. The summed E-state index contributed by atoms with van der Waals surface area (Å²) in [5.41, 5.74) is 1.69. The van der Waals surface area contributed by atoms with Gasteiger partial charge in [0.1, 0.15) is 11.8 Å². The summed E-state index contributed by atoms with van der Waals surface area (Å²) in [7, 11) is 1.95. The molecule has 5 heteroatoms. The molecule has 0 amide bonds. The third-order valence-electron chi connectivity index (χ3n) is 3.76. The Morgan fingerprint density at radius 1 is 1.24 bits per heavy atom. The second-order valence-corrected chi connectivity index (χ2v) is 5.50. The van der Waals surface area contributed by atoms with E-state index in [0.717, 1.165) is 23.0 Å². The maximum atomic E-state index is 5.52. The maximum absolute atomic E-state index is 5.52. The van der Waals surface area contributed by atoms with Crippen LogP contribution in [0.1, 0.15) is 19.7 Å². The van der Waals surface area contributed by atoms with Gasteiger partial charge in [-0.25, -0.2) is 0 Å². The molecule has 21 heavy (non-hydrogen) atoms. The van der Waals surface area contributed by atoms with Crippen molar-refractivity contribution in [1.29, 1.82) is 0 Å². The van der Waals surface area contributed by atoms with Gasteiger partial charge in [0.05, 0.1) is 5.56 Å². The van der Waals surface area contributed by atoms with Crippen molar-refractivity contribution in [1.82, 2.24) is 15.5 Å². The molecule has 0 bridgehead atoms. The molecule has 0 aliphatic heterocycles. The molecule has 0 aliphatic carbocycles. The van der Waals surface area contributed by atoms with Gasteiger partial charge >= 0.3 is 0 Å². The first-order valence-electron chi connectivity index (χ1n) is 7.15. The molecule has 0 fully saturated rings. The van der Waals surface area contributed by atoms with E-state index < -0.39 is 0 Å². The van der Waals surface area contributed by atoms with E-state index in [4.69, 9.17) is 8.94 Å². The lowest BCUT2D eigenvalue weighted by molar-refractivity contribution is 0.335. The number of likely N-dealkylation sites (N-methyl/N-ethyl adjacent to an activating group) is 1. The summed E-state index contributed by atoms with van der Waals surface area (Å²) in [6.45, 7) is 4.34. The Morgan fingerprint density at radius 3 is 2.81 bits per heavy atom. The van der Waals surface area contributed by atoms with Crippen LogP contribution in [-0.4, -0.2) is 23.2 Å². The second-order valence-electron chi connectivity index (χ2n) is 5.50. The van der Waals surface area contributed by atoms with E-state index in [9.17, 15) is 0 Å². The number of aromatic nitrogens is 2. The van der Waals surface area contributed by atoms with Crippen LogP contribution in [0.15, 0.2) is 39.5 Å². The minimum absolute atomic E-state index is 0.319. The zero-order valence-corrected chi connectivity index (χ0v) is 12.5. The average molecular weight is 285 g/mol. The van der Waals surface area contributed by atoms with E-state index in [1.54, 1.807) is 6.26 Å². The summed E-state index contributed by atoms with van der Waals surface area (Å²) in [4.78, 5) is 4.50. The summed E-state index contributed by atoms with van der Waals surface area (Å²) in [6, 6.07) is 8.15. The Hall–Kier alpha value is -2.14. The highest BCUT2D eigenvalue weighted by Gasteiger charge is 2.18. The van der Waals surface area contributed by atoms with Crippen LogP contribution in [-0.2, 0) is 6.42 Å². The first kappa shape index (κ1) is 13.8. The first-order chi connectivity index (χ1) is 10.2. The van der Waals surface area contributed by atoms with Crippen molar-refractivity contribution in [3.63, 3.8) is 0 Å². The van der Waals surface area contributed by atoms with Gasteiger partial charge < -0.3 is 14.3 Å². The van der Waals surface area contributed by atoms with Crippen molar-refractivity contribution >= 4 is 11.0 Å². The van der Waals surface area contributed by atoms with Crippen LogP contribution in [0.25, 0.3) is 22.4 Å². The Morgan fingerprint density at radius 2 is 2.05 bits per heavy atom. The molecule has 0 saturated carbocycles. The van der Waals surface area contributed by atoms with E-state index >= 15 is 0 Å². The predicted octanol–water partition coefficient (Wildman–Crippen LogP) is 3.27. The van der Waals surface area contributed by atoms with Crippen LogP contribution in [0.3, 0.4) is 0 Å². The van der Waals surface area contributed by atoms with Crippen LogP contribution < -0.4 is 5.32 Å². The molecule has 0 radical (unpaired) electrons. The molecule has 110 valence electrons. The Kier molecular flexibility index (Phi) is 3.75. The molecule has 1 N–H and O–H groups in total. The molecule has 5 nitrogen and oxygen atoms in total. The summed E-state index contributed by atoms with van der Waals surface area (Å²) >= 11 is 0. The quantitative estimate of drug-likeness (QED) is 0.779. The van der Waals surface area contributed by atoms with Crippen LogP contribution in [0.4, 0.5) is 0 Å². The molecule has 0 saturated heterocycles. The van der Waals surface area contributed by atoms with Gasteiger partial charge in [-0.1, -0.05) is 37.2 Å². The Labute approximate surface area is 123 Å². The molecule has 3 aromatic rings. The van der Waals surface area contributed by atoms with Crippen LogP contribution >= 0.6 is 0 Å². The average Bonchev–Trinajstić information content (AvgIpc) is 3.10. The fraction of sp³-hybridized carbons (Fsp3) is 0.375. The zero-order valence-electron chi connectivity index (χ0n) is 12.5. The van der Waals surface area contributed by atoms with E-state index in [2.05, 4.69) is 29.3 Å². The van der Waals surface area contributed by atoms with Crippen LogP contribution in [0.5, 0.6) is 0 Å². The SMILES string of the molecule is CNC(Cc1nc(-c2coc3ccccc23)no1)C(C)C. The van der Waals surface area contributed by atoms with Gasteiger partial charge in [-0.15, -0.1) is 0 Å². The number of para-hydroxylation sites is 1. The lowest BCUT2D eigenvalue weighted by Crippen LogP contribution is -2.32. The number of fused-ring (bicyclic) bond motifs is 1. The van der Waals surface area contributed by atoms with Gasteiger partial charge in [0.2, 0.25) is 11.7 Å². The topological polar surface area (TPSA) is 64.1 Å². The van der Waals surface area contributed by atoms with Crippen molar-refractivity contribution in [3.8, 4) is 11.4 Å². The zero-order chi connectivity index (χ0) is 14.8. The van der Waals surface area contributed by atoms with Crippen LogP contribution in [0.2, 0.25) is 0 Å². The van der Waals surface area contributed by atoms with E-state index in [1.165, 1.54) is 0 Å². The smallest absolute Gasteiger partial charge is 0.228 e. The predicted molar refractivity (Wildman–Crippen MR) is 80.9 cm³/mol. The van der Waals surface area contributed by atoms with Crippen molar-refractivity contribution in [2.45, 2.75) is 26.3 Å². The standard InChI is InChI=1S/C16H19N3O2/c1-10(2)13(17-3)8-15-18-16(19-21-15)12-9-20-14-7-5-4-6-11(12)14/h4-7,9-10,13,17H,8H2,1-3H3. The molecule has 1 unspecified atom stereocenters. The summed E-state index contributed by atoms with van der Waals surface area (Å²) < 4.78 is 10.9. The highest BCUT2D eigenvalue weighted by molar-refractivity contribution is 5.91. The number of hydrogen-bond donors (Lipinski definition) is 1. The number of rotatable bonds is 5. The number of nitrogens with zero attached hydrogens (tertiary/aromatic N) is 2. The fourth-order valence-corrected chi connectivity index (χ4v) is 2.46. The molecule has 2 heterocycles. The highest BCUT2D eigenvalue weighted by atomic mass is 16.5. The maximum Gasteiger partial charge on any atom is 0.228 e. The summed E-state index contributed by atoms with van der Waals surface area (Å²) in [5.74, 6) is 1.72. The second kappa shape index (κ2) is 5.69. The molecule has 3 rings (SSSR count).